The van der Waals surface area contributed by atoms with Gasteiger partial charge in [0.1, 0.15) is 5.82 Å². The molecule has 5 rings (SSSR count). The molecule has 0 N–H and O–H groups in total. The Bertz CT molecular complexity index is 863. The first-order chi connectivity index (χ1) is 15.3. The average molecular weight is 446 g/mol. The molecule has 2 aliphatic heterocycles. The first-order valence-corrected chi connectivity index (χ1v) is 11.0. The largest absolute Gasteiger partial charge is 0.422 e. The minimum Gasteiger partial charge on any atom is -0.422 e. The summed E-state index contributed by atoms with van der Waals surface area (Å²) in [5, 5.41) is 0. The lowest BCUT2D eigenvalue weighted by molar-refractivity contribution is -0.257. The lowest BCUT2D eigenvalue weighted by Gasteiger charge is -2.42. The van der Waals surface area contributed by atoms with E-state index in [2.05, 4.69) is 0 Å². The molecule has 2 saturated carbocycles. The van der Waals surface area contributed by atoms with Gasteiger partial charge >= 0.3 is 23.9 Å². The van der Waals surface area contributed by atoms with Crippen molar-refractivity contribution in [3.63, 3.8) is 0 Å². The number of hydrogen-bond donors (Lipinski definition) is 0. The molecule has 2 aliphatic carbocycles. The maximum Gasteiger partial charge on any atom is 0.324 e. The SMILES string of the molecule is O=C1OC2(CCCC2)OC(=O)C1C(c1ccc(F)cc1)C1C(=O)OC2(CCCC2)OC1=O. The van der Waals surface area contributed by atoms with E-state index in [1.54, 1.807) is 0 Å². The fourth-order valence-electron chi connectivity index (χ4n) is 5.31. The van der Waals surface area contributed by atoms with E-state index in [1.807, 2.05) is 0 Å². The Morgan fingerprint density at radius 3 is 1.34 bits per heavy atom. The van der Waals surface area contributed by atoms with E-state index < -0.39 is 59.0 Å². The van der Waals surface area contributed by atoms with Crippen LogP contribution in [0.2, 0.25) is 0 Å². The van der Waals surface area contributed by atoms with Crippen LogP contribution in [0.1, 0.15) is 62.8 Å². The molecule has 4 aliphatic rings. The quantitative estimate of drug-likeness (QED) is 0.516. The third-order valence-corrected chi connectivity index (χ3v) is 6.87. The zero-order valence-electron chi connectivity index (χ0n) is 17.3. The Morgan fingerprint density at radius 2 is 1.00 bits per heavy atom. The minimum atomic E-state index is -1.59. The number of rotatable bonds is 3. The molecule has 2 heterocycles. The highest BCUT2D eigenvalue weighted by molar-refractivity contribution is 6.03. The Labute approximate surface area is 183 Å². The van der Waals surface area contributed by atoms with Crippen LogP contribution >= 0.6 is 0 Å². The number of benzene rings is 1. The smallest absolute Gasteiger partial charge is 0.324 e. The molecular formula is C23H23FO8. The van der Waals surface area contributed by atoms with E-state index in [9.17, 15) is 23.6 Å². The van der Waals surface area contributed by atoms with E-state index >= 15 is 0 Å². The molecule has 0 aromatic heterocycles. The standard InChI is InChI=1S/C23H23FO8/c24-14-7-5-13(6-8-14)15(16-18(25)29-22(30-19(16)26)9-1-2-10-22)17-20(27)31-23(32-21(17)28)11-3-4-12-23/h5-8,15-17H,1-4,9-12H2. The summed E-state index contributed by atoms with van der Waals surface area (Å²) in [7, 11) is 0. The van der Waals surface area contributed by atoms with E-state index in [-0.39, 0.29) is 5.56 Å². The second-order valence-corrected chi connectivity index (χ2v) is 8.95. The number of ether oxygens (including phenoxy) is 4. The average Bonchev–Trinajstić information content (AvgIpc) is 3.36. The summed E-state index contributed by atoms with van der Waals surface area (Å²) in [6.07, 6.45) is 4.57. The van der Waals surface area contributed by atoms with Crippen molar-refractivity contribution in [2.24, 2.45) is 11.8 Å². The van der Waals surface area contributed by atoms with Gasteiger partial charge in [-0.1, -0.05) is 12.1 Å². The van der Waals surface area contributed by atoms with Crippen molar-refractivity contribution in [3.8, 4) is 0 Å². The molecule has 170 valence electrons. The van der Waals surface area contributed by atoms with Gasteiger partial charge in [-0.2, -0.15) is 0 Å². The molecule has 8 nitrogen and oxygen atoms in total. The molecule has 0 radical (unpaired) electrons. The number of hydrogen-bond acceptors (Lipinski definition) is 8. The molecule has 9 heteroatoms. The zero-order chi connectivity index (χ0) is 22.5. The number of halogens is 1. The summed E-state index contributed by atoms with van der Waals surface area (Å²) in [5.74, 6) is -11.1. The molecule has 32 heavy (non-hydrogen) atoms. The molecule has 1 aromatic rings. The van der Waals surface area contributed by atoms with Crippen molar-refractivity contribution in [3.05, 3.63) is 35.6 Å². The molecule has 4 fully saturated rings. The monoisotopic (exact) mass is 446 g/mol. The highest BCUT2D eigenvalue weighted by Gasteiger charge is 2.60. The number of carbonyl (C=O) groups excluding carboxylic acids is 4. The maximum absolute atomic E-state index is 13.6. The van der Waals surface area contributed by atoms with E-state index in [0.29, 0.717) is 25.7 Å². The highest BCUT2D eigenvalue weighted by atomic mass is 19.1. The van der Waals surface area contributed by atoms with Gasteiger partial charge in [-0.3, -0.25) is 19.2 Å². The zero-order valence-corrected chi connectivity index (χ0v) is 17.3. The Balaban J connectivity index is 1.51. The second kappa shape index (κ2) is 7.56. The van der Waals surface area contributed by atoms with Crippen LogP contribution in [0.5, 0.6) is 0 Å². The van der Waals surface area contributed by atoms with Crippen molar-refractivity contribution < 1.29 is 42.5 Å². The van der Waals surface area contributed by atoms with Gasteiger partial charge in [0.15, 0.2) is 11.8 Å². The molecule has 0 unspecified atom stereocenters. The fourth-order valence-corrected chi connectivity index (χ4v) is 5.31. The van der Waals surface area contributed by atoms with E-state index in [0.717, 1.165) is 37.8 Å². The Hall–Kier alpha value is -2.97. The minimum absolute atomic E-state index is 0.231. The molecule has 2 saturated heterocycles. The van der Waals surface area contributed by atoms with Crippen molar-refractivity contribution in [1.82, 2.24) is 0 Å². The van der Waals surface area contributed by atoms with E-state index in [1.165, 1.54) is 12.1 Å². The van der Waals surface area contributed by atoms with Crippen LogP contribution in [0.15, 0.2) is 24.3 Å². The summed E-state index contributed by atoms with van der Waals surface area (Å²) in [6.45, 7) is 0. The van der Waals surface area contributed by atoms with Crippen LogP contribution < -0.4 is 0 Å². The topological polar surface area (TPSA) is 105 Å². The van der Waals surface area contributed by atoms with Gasteiger partial charge in [0.05, 0.1) is 0 Å². The maximum atomic E-state index is 13.6. The highest BCUT2D eigenvalue weighted by Crippen LogP contribution is 2.47. The molecule has 0 amide bonds. The fraction of sp³-hybridized carbons (Fsp3) is 0.565. The van der Waals surface area contributed by atoms with Crippen LogP contribution in [-0.2, 0) is 38.1 Å². The first kappa shape index (κ1) is 20.9. The second-order valence-electron chi connectivity index (χ2n) is 8.95. The van der Waals surface area contributed by atoms with Crippen molar-refractivity contribution in [2.75, 3.05) is 0 Å². The first-order valence-electron chi connectivity index (χ1n) is 11.0. The third-order valence-electron chi connectivity index (χ3n) is 6.87. The van der Waals surface area contributed by atoms with Gasteiger partial charge in [-0.05, 0) is 43.4 Å². The van der Waals surface area contributed by atoms with Gasteiger partial charge in [0.25, 0.3) is 11.6 Å². The molecule has 1 aromatic carbocycles. The van der Waals surface area contributed by atoms with Crippen molar-refractivity contribution in [2.45, 2.75) is 68.9 Å². The molecular weight excluding hydrogens is 423 g/mol. The van der Waals surface area contributed by atoms with Gasteiger partial charge in [-0.25, -0.2) is 4.39 Å². The summed E-state index contributed by atoms with van der Waals surface area (Å²) in [4.78, 5) is 52.2. The van der Waals surface area contributed by atoms with Crippen LogP contribution in [0.25, 0.3) is 0 Å². The molecule has 0 atom stereocenters. The molecule has 2 spiro atoms. The van der Waals surface area contributed by atoms with Gasteiger partial charge < -0.3 is 18.9 Å². The van der Waals surface area contributed by atoms with E-state index in [4.69, 9.17) is 18.9 Å². The van der Waals surface area contributed by atoms with Crippen LogP contribution in [0, 0.1) is 17.7 Å². The predicted molar refractivity (Wildman–Crippen MR) is 103 cm³/mol. The van der Waals surface area contributed by atoms with Crippen molar-refractivity contribution in [1.29, 1.82) is 0 Å². The number of carbonyl (C=O) groups is 4. The van der Waals surface area contributed by atoms with Gasteiger partial charge in [-0.15, -0.1) is 0 Å². The van der Waals surface area contributed by atoms with Crippen LogP contribution in [0.3, 0.4) is 0 Å². The van der Waals surface area contributed by atoms with Gasteiger partial charge in [0.2, 0.25) is 0 Å². The summed E-state index contributed by atoms with van der Waals surface area (Å²) >= 11 is 0. The summed E-state index contributed by atoms with van der Waals surface area (Å²) in [5.41, 5.74) is 0.231. The normalized spacial score (nSPS) is 27.7. The third kappa shape index (κ3) is 3.43. The lowest BCUT2D eigenvalue weighted by Crippen LogP contribution is -2.55. The van der Waals surface area contributed by atoms with Crippen molar-refractivity contribution >= 4 is 23.9 Å². The van der Waals surface area contributed by atoms with Crippen LogP contribution in [0.4, 0.5) is 4.39 Å². The number of esters is 4. The van der Waals surface area contributed by atoms with Gasteiger partial charge in [0, 0.05) is 31.6 Å². The summed E-state index contributed by atoms with van der Waals surface area (Å²) in [6, 6.07) is 4.89. The Kier molecular flexibility index (Phi) is 4.94. The lowest BCUT2D eigenvalue weighted by atomic mass is 9.75. The molecule has 0 bridgehead atoms. The Morgan fingerprint density at radius 1 is 0.656 bits per heavy atom. The predicted octanol–water partition coefficient (Wildman–Crippen LogP) is 2.88. The van der Waals surface area contributed by atoms with Crippen LogP contribution in [-0.4, -0.2) is 35.5 Å². The summed E-state index contributed by atoms with van der Waals surface area (Å²) < 4.78 is 35.7.